The van der Waals surface area contributed by atoms with Gasteiger partial charge in [-0.3, -0.25) is 4.79 Å². The minimum absolute atomic E-state index is 0.150. The van der Waals surface area contributed by atoms with E-state index in [1.165, 1.54) is 0 Å². The van der Waals surface area contributed by atoms with Crippen LogP contribution in [0, 0.1) is 5.92 Å². The minimum atomic E-state index is -0.150. The van der Waals surface area contributed by atoms with E-state index in [-0.39, 0.29) is 11.8 Å². The van der Waals surface area contributed by atoms with E-state index in [0.717, 1.165) is 56.5 Å². The van der Waals surface area contributed by atoms with Crippen molar-refractivity contribution in [3.63, 3.8) is 0 Å². The average Bonchev–Trinajstić information content (AvgIpc) is 2.74. The average molecular weight is 398 g/mol. The van der Waals surface area contributed by atoms with E-state index in [9.17, 15) is 4.79 Å². The molecule has 1 saturated heterocycles. The lowest BCUT2D eigenvalue weighted by atomic mass is 10.0. The third-order valence-corrected chi connectivity index (χ3v) is 5.38. The van der Waals surface area contributed by atoms with E-state index in [1.807, 2.05) is 13.0 Å². The number of anilines is 1. The molecule has 2 N–H and O–H groups in total. The van der Waals surface area contributed by atoms with Crippen molar-refractivity contribution in [2.45, 2.75) is 26.7 Å². The summed E-state index contributed by atoms with van der Waals surface area (Å²) in [6.45, 7) is 8.28. The van der Waals surface area contributed by atoms with Crippen LogP contribution in [0.4, 0.5) is 5.82 Å². The molecule has 0 radical (unpaired) electrons. The lowest BCUT2D eigenvalue weighted by Gasteiger charge is -2.35. The predicted molar refractivity (Wildman–Crippen MR) is 117 cm³/mol. The molecule has 0 aliphatic carbocycles. The number of rotatable bonds is 2. The highest BCUT2D eigenvalue weighted by Crippen LogP contribution is 2.20. The summed E-state index contributed by atoms with van der Waals surface area (Å²) < 4.78 is 0. The first-order valence-electron chi connectivity index (χ1n) is 10.2. The summed E-state index contributed by atoms with van der Waals surface area (Å²) in [5.41, 5.74) is 0.529. The van der Waals surface area contributed by atoms with Crippen LogP contribution in [0.3, 0.4) is 0 Å². The number of carbonyl (C=O) groups is 1. The summed E-state index contributed by atoms with van der Waals surface area (Å²) in [5, 5.41) is 5.92. The van der Waals surface area contributed by atoms with Crippen molar-refractivity contribution in [3.8, 4) is 0 Å². The number of allylic oxidation sites excluding steroid dienone is 1. The Morgan fingerprint density at radius 1 is 1.21 bits per heavy atom. The van der Waals surface area contributed by atoms with Crippen molar-refractivity contribution in [3.05, 3.63) is 35.8 Å². The molecule has 0 spiro atoms. The number of pyridine rings is 1. The zero-order valence-electron chi connectivity index (χ0n) is 17.8. The highest BCUT2D eigenvalue weighted by molar-refractivity contribution is 5.98. The SMILES string of the molecule is C/C=C1/N=C(Nc2ccc(C(=O)NC)cn2)C(C)CCC(N2CCN(C)CC2)=N1. The zero-order chi connectivity index (χ0) is 20.8. The van der Waals surface area contributed by atoms with E-state index in [4.69, 9.17) is 9.98 Å². The quantitative estimate of drug-likeness (QED) is 0.799. The Bertz CT molecular complexity index is 805. The van der Waals surface area contributed by atoms with Crippen LogP contribution in [-0.2, 0) is 0 Å². The van der Waals surface area contributed by atoms with Gasteiger partial charge in [-0.25, -0.2) is 15.0 Å². The summed E-state index contributed by atoms with van der Waals surface area (Å²) in [6, 6.07) is 3.55. The Morgan fingerprint density at radius 2 is 1.97 bits per heavy atom. The Morgan fingerprint density at radius 3 is 2.59 bits per heavy atom. The Labute approximate surface area is 172 Å². The number of amides is 1. The fraction of sp³-hybridized carbons (Fsp3) is 0.524. The van der Waals surface area contributed by atoms with Crippen molar-refractivity contribution in [2.75, 3.05) is 45.6 Å². The number of amidine groups is 2. The lowest BCUT2D eigenvalue weighted by molar-refractivity contribution is 0.0963. The van der Waals surface area contributed by atoms with Crippen LogP contribution in [0.2, 0.25) is 0 Å². The molecule has 0 saturated carbocycles. The highest BCUT2D eigenvalue weighted by Gasteiger charge is 2.22. The molecule has 1 atom stereocenters. The van der Waals surface area contributed by atoms with Crippen molar-refractivity contribution < 1.29 is 4.79 Å². The van der Waals surface area contributed by atoms with Gasteiger partial charge in [-0.2, -0.15) is 0 Å². The Hall–Kier alpha value is -2.74. The summed E-state index contributed by atoms with van der Waals surface area (Å²) >= 11 is 0. The van der Waals surface area contributed by atoms with Gasteiger partial charge in [-0.05, 0) is 38.6 Å². The van der Waals surface area contributed by atoms with Gasteiger partial charge < -0.3 is 20.4 Å². The number of nitrogens with one attached hydrogen (secondary N) is 2. The topological polar surface area (TPSA) is 85.2 Å². The highest BCUT2D eigenvalue weighted by atomic mass is 16.1. The summed E-state index contributed by atoms with van der Waals surface area (Å²) in [4.78, 5) is 30.4. The van der Waals surface area contributed by atoms with Gasteiger partial charge in [0.05, 0.1) is 5.56 Å². The first-order chi connectivity index (χ1) is 14.0. The van der Waals surface area contributed by atoms with Gasteiger partial charge in [0.25, 0.3) is 5.91 Å². The number of likely N-dealkylation sites (N-methyl/N-ethyl adjacent to an activating group) is 1. The van der Waals surface area contributed by atoms with Gasteiger partial charge >= 0.3 is 0 Å². The molecule has 0 bridgehead atoms. The second-order valence-electron chi connectivity index (χ2n) is 7.54. The molecular weight excluding hydrogens is 366 g/mol. The molecule has 1 unspecified atom stereocenters. The van der Waals surface area contributed by atoms with E-state index in [2.05, 4.69) is 39.4 Å². The third-order valence-electron chi connectivity index (χ3n) is 5.38. The third kappa shape index (κ3) is 5.41. The number of aliphatic imine (C=N–C) groups is 2. The van der Waals surface area contributed by atoms with Gasteiger partial charge in [-0.15, -0.1) is 0 Å². The smallest absolute Gasteiger partial charge is 0.252 e. The largest absolute Gasteiger partial charge is 0.357 e. The molecule has 1 amide bonds. The number of nitrogens with zero attached hydrogens (tertiary/aromatic N) is 5. The molecule has 3 heterocycles. The van der Waals surface area contributed by atoms with Crippen molar-refractivity contribution in [2.24, 2.45) is 15.9 Å². The molecule has 1 fully saturated rings. The van der Waals surface area contributed by atoms with Gasteiger partial charge in [0.2, 0.25) is 0 Å². The lowest BCUT2D eigenvalue weighted by Crippen LogP contribution is -2.47. The van der Waals surface area contributed by atoms with Crippen molar-refractivity contribution in [1.29, 1.82) is 0 Å². The predicted octanol–water partition coefficient (Wildman–Crippen LogP) is 2.19. The fourth-order valence-corrected chi connectivity index (χ4v) is 3.38. The monoisotopic (exact) mass is 397 g/mol. The Balaban J connectivity index is 1.77. The van der Waals surface area contributed by atoms with Crippen LogP contribution in [0.1, 0.15) is 37.0 Å². The summed E-state index contributed by atoms with van der Waals surface area (Å²) in [7, 11) is 3.77. The van der Waals surface area contributed by atoms with Gasteiger partial charge in [0.15, 0.2) is 5.82 Å². The van der Waals surface area contributed by atoms with Crippen LogP contribution >= 0.6 is 0 Å². The maximum absolute atomic E-state index is 11.7. The number of carbonyl (C=O) groups excluding carboxylic acids is 1. The molecule has 2 aliphatic rings. The van der Waals surface area contributed by atoms with Crippen LogP contribution in [0.5, 0.6) is 0 Å². The Kier molecular flexibility index (Phi) is 6.98. The molecular formula is C21H31N7O. The van der Waals surface area contributed by atoms with Crippen LogP contribution in [-0.4, -0.2) is 72.6 Å². The van der Waals surface area contributed by atoms with Crippen molar-refractivity contribution >= 4 is 23.4 Å². The molecule has 8 nitrogen and oxygen atoms in total. The zero-order valence-corrected chi connectivity index (χ0v) is 17.8. The first-order valence-corrected chi connectivity index (χ1v) is 10.2. The van der Waals surface area contributed by atoms with E-state index in [0.29, 0.717) is 11.4 Å². The number of aromatic nitrogens is 1. The summed E-state index contributed by atoms with van der Waals surface area (Å²) in [6.07, 6.45) is 5.39. The van der Waals surface area contributed by atoms with E-state index in [1.54, 1.807) is 25.4 Å². The van der Waals surface area contributed by atoms with Crippen LogP contribution in [0.25, 0.3) is 0 Å². The molecule has 1 aromatic rings. The number of piperazine rings is 1. The summed E-state index contributed by atoms with van der Waals surface area (Å²) in [5.74, 6) is 3.46. The van der Waals surface area contributed by atoms with Gasteiger partial charge in [0, 0.05) is 51.8 Å². The number of hydrogen-bond acceptors (Lipinski definition) is 7. The minimum Gasteiger partial charge on any atom is -0.357 e. The second kappa shape index (κ2) is 9.65. The molecule has 156 valence electrons. The van der Waals surface area contributed by atoms with Crippen molar-refractivity contribution in [1.82, 2.24) is 20.1 Å². The maximum Gasteiger partial charge on any atom is 0.252 e. The van der Waals surface area contributed by atoms with E-state index < -0.39 is 0 Å². The van der Waals surface area contributed by atoms with Gasteiger partial charge in [0.1, 0.15) is 17.5 Å². The standard InChI is InChI=1S/C21H31N7O/c1-5-17-24-19(28-12-10-27(4)11-13-28)9-6-15(2)20(25-17)26-18-8-7-16(14-23-18)21(29)22-3/h5,7-8,14-15H,6,9-13H2,1-4H3,(H,22,29)(H,23,25,26)/b17-5+,24-19?. The molecule has 1 aromatic heterocycles. The molecule has 29 heavy (non-hydrogen) atoms. The molecule has 3 rings (SSSR count). The number of hydrogen-bond donors (Lipinski definition) is 2. The van der Waals surface area contributed by atoms with Crippen LogP contribution in [0.15, 0.2) is 40.2 Å². The first kappa shape index (κ1) is 21.0. The van der Waals surface area contributed by atoms with Crippen LogP contribution < -0.4 is 10.6 Å². The molecule has 8 heteroatoms. The molecule has 2 aliphatic heterocycles. The van der Waals surface area contributed by atoms with Gasteiger partial charge in [-0.1, -0.05) is 6.92 Å². The maximum atomic E-state index is 11.7. The molecule has 0 aromatic carbocycles. The fourth-order valence-electron chi connectivity index (χ4n) is 3.38. The van der Waals surface area contributed by atoms with E-state index >= 15 is 0 Å². The second-order valence-corrected chi connectivity index (χ2v) is 7.54. The normalized spacial score (nSPS) is 22.4.